The summed E-state index contributed by atoms with van der Waals surface area (Å²) in [5.74, 6) is -0.0664. The molecule has 1 aliphatic heterocycles. The molecule has 13 heteroatoms. The Balaban J connectivity index is 1.27. The maximum atomic E-state index is 12.6. The number of H-pyrrole nitrogens is 1. The molecule has 1 saturated heterocycles. The van der Waals surface area contributed by atoms with E-state index in [0.29, 0.717) is 56.8 Å². The summed E-state index contributed by atoms with van der Waals surface area (Å²) in [4.78, 5) is 63.7. The van der Waals surface area contributed by atoms with Crippen LogP contribution in [0.2, 0.25) is 0 Å². The van der Waals surface area contributed by atoms with Gasteiger partial charge in [0.2, 0.25) is 11.8 Å². The highest BCUT2D eigenvalue weighted by molar-refractivity contribution is 5.88. The summed E-state index contributed by atoms with van der Waals surface area (Å²) in [6.45, 7) is 6.22. The van der Waals surface area contributed by atoms with Crippen molar-refractivity contribution in [2.75, 3.05) is 52.2 Å². The fourth-order valence-corrected chi connectivity index (χ4v) is 4.57. The van der Waals surface area contributed by atoms with Crippen molar-refractivity contribution < 1.29 is 23.9 Å². The number of Topliss-reactive ketones (excluding diaryl/α,β-unsaturated/α-hetero) is 1. The molecule has 218 valence electrons. The number of fused-ring (bicyclic) bond motifs is 1. The van der Waals surface area contributed by atoms with Crippen LogP contribution in [-0.4, -0.2) is 93.4 Å². The van der Waals surface area contributed by atoms with E-state index < -0.39 is 0 Å². The molecule has 0 aliphatic carbocycles. The molecule has 3 N–H and O–H groups in total. The Kier molecular flexibility index (Phi) is 9.85. The number of hydrogen-bond acceptors (Lipinski definition) is 9. The van der Waals surface area contributed by atoms with Gasteiger partial charge in [-0.25, -0.2) is 4.79 Å². The van der Waals surface area contributed by atoms with Crippen LogP contribution in [0, 0.1) is 0 Å². The number of aryl methyl sites for hydroxylation is 1. The summed E-state index contributed by atoms with van der Waals surface area (Å²) in [7, 11) is 1.55. The monoisotopic (exact) mass is 565 g/mol. The van der Waals surface area contributed by atoms with Gasteiger partial charge in [-0.2, -0.15) is 9.97 Å². The zero-order valence-electron chi connectivity index (χ0n) is 23.1. The quantitative estimate of drug-likeness (QED) is 0.226. The zero-order chi connectivity index (χ0) is 29.4. The van der Waals surface area contributed by atoms with Crippen molar-refractivity contribution in [3.8, 4) is 6.01 Å². The number of amides is 2. The number of ether oxygens (including phenoxy) is 2. The van der Waals surface area contributed by atoms with E-state index in [9.17, 15) is 19.2 Å². The molecule has 0 saturated carbocycles. The molecule has 0 spiro atoms. The summed E-state index contributed by atoms with van der Waals surface area (Å²) >= 11 is 0. The van der Waals surface area contributed by atoms with E-state index in [1.807, 2.05) is 24.3 Å². The molecule has 2 aromatic heterocycles. The van der Waals surface area contributed by atoms with Gasteiger partial charge in [0, 0.05) is 52.6 Å². The fourth-order valence-electron chi connectivity index (χ4n) is 4.57. The van der Waals surface area contributed by atoms with Gasteiger partial charge in [-0.15, -0.1) is 0 Å². The molecule has 0 atom stereocenters. The number of rotatable bonds is 13. The second-order valence-electron chi connectivity index (χ2n) is 9.71. The average molecular weight is 566 g/mol. The fraction of sp³-hybridized carbons (Fsp3) is 0.429. The average Bonchev–Trinajstić information content (AvgIpc) is 3.30. The number of piperazine rings is 1. The number of aromatic nitrogens is 4. The highest BCUT2D eigenvalue weighted by atomic mass is 16.5. The molecule has 1 fully saturated rings. The largest absolute Gasteiger partial charge is 0.461 e. The lowest BCUT2D eigenvalue weighted by molar-refractivity contribution is -0.138. The SMILES string of the molecule is C=CC(=O)N1CCN(C(=O)CCC(=O)CCc2ccc(Cn3c(=O)[nH]c4c(N)nc(OCCOC)nc43)cc2)CC1. The normalized spacial score (nSPS) is 13.4. The number of benzene rings is 1. The highest BCUT2D eigenvalue weighted by Crippen LogP contribution is 2.19. The minimum absolute atomic E-state index is 0.0223. The molecule has 0 radical (unpaired) electrons. The van der Waals surface area contributed by atoms with E-state index in [0.717, 1.165) is 11.1 Å². The Bertz CT molecular complexity index is 1460. The molecular formula is C28H35N7O6. The first-order chi connectivity index (χ1) is 19.8. The van der Waals surface area contributed by atoms with E-state index >= 15 is 0 Å². The Labute approximate surface area is 236 Å². The molecule has 3 aromatic rings. The summed E-state index contributed by atoms with van der Waals surface area (Å²) in [5, 5.41) is 0. The van der Waals surface area contributed by atoms with Gasteiger partial charge in [-0.05, 0) is 23.6 Å². The first-order valence-corrected chi connectivity index (χ1v) is 13.5. The smallest absolute Gasteiger partial charge is 0.328 e. The van der Waals surface area contributed by atoms with Crippen LogP contribution in [-0.2, 0) is 32.1 Å². The molecule has 1 aromatic carbocycles. The number of nitrogens with one attached hydrogen (secondary N) is 1. The Morgan fingerprint density at radius 2 is 1.68 bits per heavy atom. The zero-order valence-corrected chi connectivity index (χ0v) is 23.1. The van der Waals surface area contributed by atoms with Crippen LogP contribution in [0.4, 0.5) is 5.82 Å². The molecule has 0 unspecified atom stereocenters. The summed E-state index contributed by atoms with van der Waals surface area (Å²) < 4.78 is 11.9. The van der Waals surface area contributed by atoms with Gasteiger partial charge in [0.1, 0.15) is 17.9 Å². The Morgan fingerprint density at radius 3 is 2.37 bits per heavy atom. The van der Waals surface area contributed by atoms with E-state index in [1.54, 1.807) is 16.9 Å². The second-order valence-corrected chi connectivity index (χ2v) is 9.71. The van der Waals surface area contributed by atoms with Gasteiger partial charge >= 0.3 is 11.7 Å². The van der Waals surface area contributed by atoms with Gasteiger partial charge in [0.05, 0.1) is 13.2 Å². The molecule has 3 heterocycles. The lowest BCUT2D eigenvalue weighted by Crippen LogP contribution is -2.50. The summed E-state index contributed by atoms with van der Waals surface area (Å²) in [6, 6.07) is 7.68. The van der Waals surface area contributed by atoms with Crippen LogP contribution in [0.25, 0.3) is 11.2 Å². The first kappa shape index (κ1) is 29.5. The van der Waals surface area contributed by atoms with Crippen molar-refractivity contribution in [2.24, 2.45) is 0 Å². The number of methoxy groups -OCH3 is 1. The maximum Gasteiger partial charge on any atom is 0.328 e. The highest BCUT2D eigenvalue weighted by Gasteiger charge is 2.23. The molecule has 1 aliphatic rings. The van der Waals surface area contributed by atoms with Crippen molar-refractivity contribution in [1.82, 2.24) is 29.3 Å². The van der Waals surface area contributed by atoms with Crippen LogP contribution in [0.15, 0.2) is 41.7 Å². The van der Waals surface area contributed by atoms with Crippen LogP contribution in [0.5, 0.6) is 6.01 Å². The van der Waals surface area contributed by atoms with Crippen molar-refractivity contribution >= 4 is 34.6 Å². The van der Waals surface area contributed by atoms with Crippen LogP contribution in [0.1, 0.15) is 30.4 Å². The van der Waals surface area contributed by atoms with Gasteiger partial charge in [-0.1, -0.05) is 30.8 Å². The molecule has 0 bridgehead atoms. The Hall–Kier alpha value is -4.52. The van der Waals surface area contributed by atoms with E-state index in [2.05, 4.69) is 21.5 Å². The third kappa shape index (κ3) is 7.57. The number of ketones is 1. The minimum atomic E-state index is -0.369. The molecular weight excluding hydrogens is 530 g/mol. The summed E-state index contributed by atoms with van der Waals surface area (Å²) in [6.07, 6.45) is 2.51. The van der Waals surface area contributed by atoms with E-state index in [4.69, 9.17) is 15.2 Å². The third-order valence-electron chi connectivity index (χ3n) is 6.94. The first-order valence-electron chi connectivity index (χ1n) is 13.5. The lowest BCUT2D eigenvalue weighted by Gasteiger charge is -2.34. The molecule has 2 amide bonds. The predicted octanol–water partition coefficient (Wildman–Crippen LogP) is 0.914. The van der Waals surface area contributed by atoms with Gasteiger partial charge < -0.3 is 30.0 Å². The standard InChI is InChI=1S/C28H35N7O6/c1-3-22(37)33-12-14-34(15-13-33)23(38)11-10-21(36)9-8-19-4-6-20(7-5-19)18-35-26-24(30-28(35)39)25(29)31-27(32-26)41-17-16-40-2/h3-7H,1,8-18H2,2H3,(H,30,39)(H2,29,31,32). The third-order valence-corrected chi connectivity index (χ3v) is 6.94. The van der Waals surface area contributed by atoms with E-state index in [1.165, 1.54) is 10.6 Å². The van der Waals surface area contributed by atoms with E-state index in [-0.39, 0.29) is 61.1 Å². The number of aromatic amines is 1. The summed E-state index contributed by atoms with van der Waals surface area (Å²) in [5.41, 5.74) is 8.15. The van der Waals surface area contributed by atoms with Crippen molar-refractivity contribution in [2.45, 2.75) is 32.2 Å². The second kappa shape index (κ2) is 13.7. The number of carbonyl (C=O) groups excluding carboxylic acids is 3. The molecule has 13 nitrogen and oxygen atoms in total. The van der Waals surface area contributed by atoms with Crippen molar-refractivity contribution in [3.63, 3.8) is 0 Å². The number of nitrogens with zero attached hydrogens (tertiary/aromatic N) is 5. The Morgan fingerprint density at radius 1 is 1.00 bits per heavy atom. The number of carbonyl (C=O) groups is 3. The van der Waals surface area contributed by atoms with Gasteiger partial charge in [0.25, 0.3) is 0 Å². The number of imidazole rings is 1. The number of nitrogens with two attached hydrogens (primary N) is 1. The maximum absolute atomic E-state index is 12.6. The number of hydrogen-bond donors (Lipinski definition) is 2. The molecule has 4 rings (SSSR count). The van der Waals surface area contributed by atoms with Crippen molar-refractivity contribution in [1.29, 1.82) is 0 Å². The topological polar surface area (TPSA) is 166 Å². The number of nitrogen functional groups attached to an aromatic ring is 1. The van der Waals surface area contributed by atoms with Crippen LogP contribution < -0.4 is 16.2 Å². The minimum Gasteiger partial charge on any atom is -0.461 e. The van der Waals surface area contributed by atoms with Gasteiger partial charge in [0.15, 0.2) is 11.5 Å². The predicted molar refractivity (Wildman–Crippen MR) is 151 cm³/mol. The van der Waals surface area contributed by atoms with Crippen molar-refractivity contribution in [3.05, 3.63) is 58.5 Å². The van der Waals surface area contributed by atoms with Crippen LogP contribution in [0.3, 0.4) is 0 Å². The van der Waals surface area contributed by atoms with Gasteiger partial charge in [-0.3, -0.25) is 19.0 Å². The van der Waals surface area contributed by atoms with Crippen LogP contribution >= 0.6 is 0 Å². The number of anilines is 1. The molecule has 41 heavy (non-hydrogen) atoms. The lowest BCUT2D eigenvalue weighted by atomic mass is 10.0.